The normalized spacial score (nSPS) is 22.0. The van der Waals surface area contributed by atoms with Gasteiger partial charge in [-0.2, -0.15) is 0 Å². The Morgan fingerprint density at radius 1 is 1.20 bits per heavy atom. The second-order valence-electron chi connectivity index (χ2n) is 9.71. The Morgan fingerprint density at radius 3 is 2.77 bits per heavy atom. The van der Waals surface area contributed by atoms with Crippen molar-refractivity contribution in [3.8, 4) is 11.4 Å². The predicted molar refractivity (Wildman–Crippen MR) is 129 cm³/mol. The number of nitrogens with zero attached hydrogens (tertiary/aromatic N) is 3. The quantitative estimate of drug-likeness (QED) is 0.459. The number of cyclic esters (lactones) is 1. The summed E-state index contributed by atoms with van der Waals surface area (Å²) in [6, 6.07) is 9.35. The van der Waals surface area contributed by atoms with Crippen LogP contribution in [0.4, 0.5) is 0 Å². The number of piperidine rings is 1. The molecule has 2 aromatic heterocycles. The molecule has 180 valence electrons. The molecule has 1 amide bonds. The number of esters is 1. The summed E-state index contributed by atoms with van der Waals surface area (Å²) in [5.74, 6) is -0.731. The van der Waals surface area contributed by atoms with Crippen LogP contribution in [0.1, 0.15) is 67.8 Å². The SMILES string of the molecule is CC[C@@]1(O)C(=O)OCc2c1c(C(C)N1CCCCC1=O)c1n(c2=O)Cc2cc3ccccc3nc2-1. The molecule has 1 aromatic carbocycles. The highest BCUT2D eigenvalue weighted by molar-refractivity contribution is 5.88. The Balaban J connectivity index is 1.70. The average Bonchev–Trinajstić information content (AvgIpc) is 3.23. The third-order valence-electron chi connectivity index (χ3n) is 7.81. The van der Waals surface area contributed by atoms with Crippen LogP contribution in [0, 0.1) is 0 Å². The first-order valence-electron chi connectivity index (χ1n) is 12.2. The lowest BCUT2D eigenvalue weighted by molar-refractivity contribution is -0.172. The number of carbonyl (C=O) groups is 2. The van der Waals surface area contributed by atoms with Gasteiger partial charge in [0.15, 0.2) is 5.60 Å². The number of rotatable bonds is 3. The molecular weight excluding hydrogens is 446 g/mol. The van der Waals surface area contributed by atoms with Gasteiger partial charge in [-0.3, -0.25) is 9.59 Å². The number of hydrogen-bond acceptors (Lipinski definition) is 6. The van der Waals surface area contributed by atoms with Crippen molar-refractivity contribution >= 4 is 22.8 Å². The van der Waals surface area contributed by atoms with Crippen LogP contribution in [-0.2, 0) is 33.1 Å². The third-order valence-corrected chi connectivity index (χ3v) is 7.81. The van der Waals surface area contributed by atoms with E-state index in [1.807, 2.05) is 37.3 Å². The molecule has 8 heteroatoms. The van der Waals surface area contributed by atoms with Gasteiger partial charge in [-0.25, -0.2) is 9.78 Å². The number of aromatic nitrogens is 2. The summed E-state index contributed by atoms with van der Waals surface area (Å²) in [7, 11) is 0. The van der Waals surface area contributed by atoms with Crippen molar-refractivity contribution in [3.63, 3.8) is 0 Å². The van der Waals surface area contributed by atoms with E-state index in [0.29, 0.717) is 42.0 Å². The fourth-order valence-corrected chi connectivity index (χ4v) is 5.95. The van der Waals surface area contributed by atoms with Crippen LogP contribution in [0.15, 0.2) is 35.1 Å². The van der Waals surface area contributed by atoms with Crippen molar-refractivity contribution in [2.45, 2.75) is 64.3 Å². The van der Waals surface area contributed by atoms with Crippen molar-refractivity contribution in [2.24, 2.45) is 0 Å². The van der Waals surface area contributed by atoms with Gasteiger partial charge in [0.05, 0.1) is 35.1 Å². The molecular formula is C27H27N3O5. The van der Waals surface area contributed by atoms with Crippen LogP contribution in [0.3, 0.4) is 0 Å². The zero-order chi connectivity index (χ0) is 24.5. The molecule has 1 unspecified atom stereocenters. The first-order valence-corrected chi connectivity index (χ1v) is 12.2. The lowest BCUT2D eigenvalue weighted by Gasteiger charge is -2.39. The number of hydrogen-bond donors (Lipinski definition) is 1. The fourth-order valence-electron chi connectivity index (χ4n) is 5.95. The maximum atomic E-state index is 13.7. The number of para-hydroxylation sites is 1. The Hall–Kier alpha value is -3.52. The van der Waals surface area contributed by atoms with Crippen molar-refractivity contribution in [1.29, 1.82) is 0 Å². The number of fused-ring (bicyclic) bond motifs is 5. The average molecular weight is 474 g/mol. The van der Waals surface area contributed by atoms with Gasteiger partial charge in [0, 0.05) is 35.0 Å². The molecule has 3 aliphatic rings. The minimum Gasteiger partial charge on any atom is -0.458 e. The van der Waals surface area contributed by atoms with E-state index in [1.165, 1.54) is 0 Å². The Bertz CT molecular complexity index is 1480. The maximum absolute atomic E-state index is 13.7. The second kappa shape index (κ2) is 7.75. The molecule has 1 fully saturated rings. The van der Waals surface area contributed by atoms with E-state index in [1.54, 1.807) is 16.4 Å². The summed E-state index contributed by atoms with van der Waals surface area (Å²) in [6.45, 7) is 4.33. The molecule has 1 saturated heterocycles. The number of likely N-dealkylation sites (tertiary alicyclic amines) is 1. The standard InChI is InChI=1S/C27H27N3O5/c1-3-27(34)22-18(14-35-26(27)33)25(32)30-13-17-12-16-8-4-5-9-19(16)28-23(17)24(30)21(22)15(2)29-11-7-6-10-20(29)31/h4-5,8-9,12,15,34H,3,6-7,10-11,13-14H2,1-2H3/t15?,27-/m0/s1. The molecule has 0 bridgehead atoms. The molecule has 0 saturated carbocycles. The lowest BCUT2D eigenvalue weighted by Crippen LogP contribution is -2.47. The number of ether oxygens (including phenoxy) is 1. The van der Waals surface area contributed by atoms with Crippen LogP contribution < -0.4 is 5.56 Å². The summed E-state index contributed by atoms with van der Waals surface area (Å²) in [6.07, 6.45) is 2.23. The van der Waals surface area contributed by atoms with E-state index < -0.39 is 17.6 Å². The van der Waals surface area contributed by atoms with Crippen LogP contribution in [0.2, 0.25) is 0 Å². The van der Waals surface area contributed by atoms with Crippen molar-refractivity contribution in [2.75, 3.05) is 6.54 Å². The van der Waals surface area contributed by atoms with Gasteiger partial charge in [0.2, 0.25) is 5.91 Å². The highest BCUT2D eigenvalue weighted by Crippen LogP contribution is 2.46. The van der Waals surface area contributed by atoms with Gasteiger partial charge in [0.25, 0.3) is 5.56 Å². The van der Waals surface area contributed by atoms with Gasteiger partial charge < -0.3 is 19.3 Å². The van der Waals surface area contributed by atoms with Crippen molar-refractivity contribution in [1.82, 2.24) is 14.5 Å². The van der Waals surface area contributed by atoms with E-state index in [-0.39, 0.29) is 30.1 Å². The van der Waals surface area contributed by atoms with Crippen molar-refractivity contribution < 1.29 is 19.4 Å². The highest BCUT2D eigenvalue weighted by atomic mass is 16.6. The predicted octanol–water partition coefficient (Wildman–Crippen LogP) is 3.15. The number of benzene rings is 1. The topological polar surface area (TPSA) is 102 Å². The van der Waals surface area contributed by atoms with E-state index in [0.717, 1.165) is 29.3 Å². The summed E-state index contributed by atoms with van der Waals surface area (Å²) >= 11 is 0. The van der Waals surface area contributed by atoms with Gasteiger partial charge in [-0.05, 0) is 38.3 Å². The van der Waals surface area contributed by atoms with Gasteiger partial charge in [0.1, 0.15) is 6.61 Å². The third kappa shape index (κ3) is 3.02. The lowest BCUT2D eigenvalue weighted by atomic mass is 9.79. The largest absolute Gasteiger partial charge is 0.458 e. The van der Waals surface area contributed by atoms with E-state index in [4.69, 9.17) is 9.72 Å². The Morgan fingerprint density at radius 2 is 2.00 bits per heavy atom. The summed E-state index contributed by atoms with van der Waals surface area (Å²) in [4.78, 5) is 46.3. The molecule has 2 atom stereocenters. The van der Waals surface area contributed by atoms with Crippen LogP contribution in [0.5, 0.6) is 0 Å². The Labute approximate surface area is 202 Å². The van der Waals surface area contributed by atoms with E-state index >= 15 is 0 Å². The van der Waals surface area contributed by atoms with E-state index in [9.17, 15) is 19.5 Å². The maximum Gasteiger partial charge on any atom is 0.343 e. The minimum atomic E-state index is -1.97. The monoisotopic (exact) mass is 473 g/mol. The minimum absolute atomic E-state index is 0.0329. The van der Waals surface area contributed by atoms with Crippen LogP contribution in [0.25, 0.3) is 22.3 Å². The van der Waals surface area contributed by atoms with Gasteiger partial charge >= 0.3 is 5.97 Å². The first-order chi connectivity index (χ1) is 16.8. The molecule has 1 N–H and O–H groups in total. The first kappa shape index (κ1) is 22.0. The Kier molecular flexibility index (Phi) is 4.86. The zero-order valence-electron chi connectivity index (χ0n) is 19.8. The molecule has 5 heterocycles. The highest BCUT2D eigenvalue weighted by Gasteiger charge is 2.49. The molecule has 35 heavy (non-hydrogen) atoms. The van der Waals surface area contributed by atoms with Crippen LogP contribution >= 0.6 is 0 Å². The number of pyridine rings is 2. The smallest absolute Gasteiger partial charge is 0.343 e. The number of amides is 1. The zero-order valence-corrected chi connectivity index (χ0v) is 19.8. The summed E-state index contributed by atoms with van der Waals surface area (Å²) in [5, 5.41) is 12.6. The summed E-state index contributed by atoms with van der Waals surface area (Å²) in [5.41, 5.74) is 1.87. The molecule has 6 rings (SSSR count). The van der Waals surface area contributed by atoms with Crippen LogP contribution in [-0.4, -0.2) is 38.0 Å². The number of carbonyl (C=O) groups excluding carboxylic acids is 2. The van der Waals surface area contributed by atoms with Gasteiger partial charge in [-0.15, -0.1) is 0 Å². The molecule has 0 aliphatic carbocycles. The van der Waals surface area contributed by atoms with Crippen molar-refractivity contribution in [3.05, 3.63) is 62.9 Å². The molecule has 3 aromatic rings. The molecule has 3 aliphatic heterocycles. The molecule has 8 nitrogen and oxygen atoms in total. The van der Waals surface area contributed by atoms with E-state index in [2.05, 4.69) is 0 Å². The number of aliphatic hydroxyl groups is 1. The molecule has 0 radical (unpaired) electrons. The second-order valence-corrected chi connectivity index (χ2v) is 9.71. The molecule has 0 spiro atoms. The van der Waals surface area contributed by atoms with Gasteiger partial charge in [-0.1, -0.05) is 25.1 Å². The summed E-state index contributed by atoms with van der Waals surface area (Å²) < 4.78 is 6.97. The fraction of sp³-hybridized carbons (Fsp3) is 0.407.